The minimum atomic E-state index is -0.711. The number of amides is 2. The molecule has 1 heterocycles. The lowest BCUT2D eigenvalue weighted by atomic mass is 10.1. The number of rotatable bonds is 3. The highest BCUT2D eigenvalue weighted by Gasteiger charge is 2.37. The van der Waals surface area contributed by atoms with Gasteiger partial charge in [0.05, 0.1) is 5.69 Å². The van der Waals surface area contributed by atoms with Gasteiger partial charge in [0.1, 0.15) is 12.6 Å². The van der Waals surface area contributed by atoms with Crippen molar-refractivity contribution in [3.05, 3.63) is 28.2 Å². The fourth-order valence-electron chi connectivity index (χ4n) is 2.15. The molecule has 6 heteroatoms. The summed E-state index contributed by atoms with van der Waals surface area (Å²) < 4.78 is 0.789. The number of carbonyl (C=O) groups excluding carboxylic acids is 2. The minimum Gasteiger partial charge on any atom is -0.352 e. The van der Waals surface area contributed by atoms with Gasteiger partial charge in [0.25, 0.3) is 0 Å². The predicted molar refractivity (Wildman–Crippen MR) is 76.7 cm³/mol. The summed E-state index contributed by atoms with van der Waals surface area (Å²) in [5.74, 6) is -0.441. The second-order valence-corrected chi connectivity index (χ2v) is 5.65. The summed E-state index contributed by atoms with van der Waals surface area (Å²) in [7, 11) is 0. The van der Waals surface area contributed by atoms with Crippen molar-refractivity contribution in [2.45, 2.75) is 25.9 Å². The molecule has 19 heavy (non-hydrogen) atoms. The molecular formula is C13H16BrN3O2. The number of hydrogen-bond acceptors (Lipinski definition) is 3. The zero-order valence-corrected chi connectivity index (χ0v) is 12.4. The molecule has 0 aliphatic carbocycles. The third kappa shape index (κ3) is 2.64. The Labute approximate surface area is 120 Å². The number of benzene rings is 1. The van der Waals surface area contributed by atoms with Crippen LogP contribution >= 0.6 is 15.9 Å². The van der Waals surface area contributed by atoms with E-state index < -0.39 is 6.04 Å². The maximum Gasteiger partial charge on any atom is 0.249 e. The number of hydrogen-bond donors (Lipinski definition) is 2. The molecule has 0 fully saturated rings. The van der Waals surface area contributed by atoms with Gasteiger partial charge in [-0.05, 0) is 26.0 Å². The monoisotopic (exact) mass is 325 g/mol. The molecule has 1 aromatic rings. The Hall–Kier alpha value is -1.40. The summed E-state index contributed by atoms with van der Waals surface area (Å²) in [5, 5.41) is 2.77. The van der Waals surface area contributed by atoms with Gasteiger partial charge in [0.15, 0.2) is 0 Å². The summed E-state index contributed by atoms with van der Waals surface area (Å²) in [6, 6.07) is 4.79. The number of fused-ring (bicyclic) bond motifs is 1. The Morgan fingerprint density at radius 2 is 2.21 bits per heavy atom. The van der Waals surface area contributed by atoms with Gasteiger partial charge in [-0.1, -0.05) is 22.0 Å². The topological polar surface area (TPSA) is 75.4 Å². The second kappa shape index (κ2) is 5.30. The zero-order chi connectivity index (χ0) is 14.2. The first-order valence-electron chi connectivity index (χ1n) is 6.06. The van der Waals surface area contributed by atoms with Crippen LogP contribution < -0.4 is 16.0 Å². The van der Waals surface area contributed by atoms with Gasteiger partial charge in [0.2, 0.25) is 11.8 Å². The summed E-state index contributed by atoms with van der Waals surface area (Å²) >= 11 is 3.39. The van der Waals surface area contributed by atoms with Crippen LogP contribution in [-0.2, 0) is 9.59 Å². The molecule has 2 amide bonds. The predicted octanol–water partition coefficient (Wildman–Crippen LogP) is 1.32. The SMILES string of the molecule is CC(C)NC(=O)CN1C(=O)C(N)c2c(Br)cccc21. The highest BCUT2D eigenvalue weighted by Crippen LogP contribution is 2.38. The quantitative estimate of drug-likeness (QED) is 0.880. The second-order valence-electron chi connectivity index (χ2n) is 4.80. The van der Waals surface area contributed by atoms with E-state index >= 15 is 0 Å². The standard InChI is InChI=1S/C13H16BrN3O2/c1-7(2)16-10(18)6-17-9-5-3-4-8(14)11(9)12(15)13(17)19/h3-5,7,12H,6,15H2,1-2H3,(H,16,18). The third-order valence-corrected chi connectivity index (χ3v) is 3.61. The Kier molecular flexibility index (Phi) is 3.91. The molecule has 3 N–H and O–H groups in total. The van der Waals surface area contributed by atoms with Crippen LogP contribution in [0.2, 0.25) is 0 Å². The number of nitrogens with zero attached hydrogens (tertiary/aromatic N) is 1. The average molecular weight is 326 g/mol. The molecule has 0 bridgehead atoms. The van der Waals surface area contributed by atoms with E-state index in [1.165, 1.54) is 4.90 Å². The van der Waals surface area contributed by atoms with Crippen molar-refractivity contribution in [2.24, 2.45) is 5.73 Å². The third-order valence-electron chi connectivity index (χ3n) is 2.92. The van der Waals surface area contributed by atoms with E-state index in [2.05, 4.69) is 21.2 Å². The number of nitrogens with one attached hydrogen (secondary N) is 1. The van der Waals surface area contributed by atoms with Gasteiger partial charge in [-0.15, -0.1) is 0 Å². The zero-order valence-electron chi connectivity index (χ0n) is 10.8. The smallest absolute Gasteiger partial charge is 0.249 e. The van der Waals surface area contributed by atoms with Crippen LogP contribution in [0.5, 0.6) is 0 Å². The number of nitrogens with two attached hydrogens (primary N) is 1. The van der Waals surface area contributed by atoms with Crippen molar-refractivity contribution >= 4 is 33.4 Å². The van der Waals surface area contributed by atoms with E-state index in [-0.39, 0.29) is 24.4 Å². The van der Waals surface area contributed by atoms with Gasteiger partial charge < -0.3 is 16.0 Å². The van der Waals surface area contributed by atoms with Crippen molar-refractivity contribution in [3.8, 4) is 0 Å². The molecule has 0 radical (unpaired) electrons. The fraction of sp³-hybridized carbons (Fsp3) is 0.385. The Balaban J connectivity index is 2.27. The summed E-state index contributed by atoms with van der Waals surface area (Å²) in [6.07, 6.45) is 0. The van der Waals surface area contributed by atoms with E-state index in [0.29, 0.717) is 5.69 Å². The molecule has 1 atom stereocenters. The highest BCUT2D eigenvalue weighted by atomic mass is 79.9. The van der Waals surface area contributed by atoms with Gasteiger partial charge in [-0.3, -0.25) is 9.59 Å². The lowest BCUT2D eigenvalue weighted by molar-refractivity contribution is -0.124. The number of anilines is 1. The van der Waals surface area contributed by atoms with Crippen LogP contribution in [0, 0.1) is 0 Å². The van der Waals surface area contributed by atoms with E-state index in [0.717, 1.165) is 10.0 Å². The highest BCUT2D eigenvalue weighted by molar-refractivity contribution is 9.10. The van der Waals surface area contributed by atoms with E-state index in [9.17, 15) is 9.59 Å². The summed E-state index contributed by atoms with van der Waals surface area (Å²) in [5.41, 5.74) is 7.35. The van der Waals surface area contributed by atoms with E-state index in [1.54, 1.807) is 6.07 Å². The van der Waals surface area contributed by atoms with Crippen LogP contribution in [-0.4, -0.2) is 24.4 Å². The fourth-order valence-corrected chi connectivity index (χ4v) is 2.76. The Morgan fingerprint density at radius 3 is 2.84 bits per heavy atom. The summed E-state index contributed by atoms with van der Waals surface area (Å²) in [4.78, 5) is 25.4. The molecule has 102 valence electrons. The minimum absolute atomic E-state index is 0.00579. The molecule has 2 rings (SSSR count). The van der Waals surface area contributed by atoms with Crippen molar-refractivity contribution in [3.63, 3.8) is 0 Å². The average Bonchev–Trinajstić information content (AvgIpc) is 2.55. The van der Waals surface area contributed by atoms with Gasteiger partial charge in [-0.2, -0.15) is 0 Å². The Morgan fingerprint density at radius 1 is 1.53 bits per heavy atom. The van der Waals surface area contributed by atoms with Crippen molar-refractivity contribution in [2.75, 3.05) is 11.4 Å². The van der Waals surface area contributed by atoms with Gasteiger partial charge in [-0.25, -0.2) is 0 Å². The normalized spacial score (nSPS) is 17.8. The lowest BCUT2D eigenvalue weighted by Crippen LogP contribution is -2.42. The van der Waals surface area contributed by atoms with Gasteiger partial charge in [0, 0.05) is 16.1 Å². The van der Waals surface area contributed by atoms with E-state index in [4.69, 9.17) is 5.73 Å². The van der Waals surface area contributed by atoms with Crippen LogP contribution in [0.15, 0.2) is 22.7 Å². The molecule has 0 spiro atoms. The lowest BCUT2D eigenvalue weighted by Gasteiger charge is -2.18. The van der Waals surface area contributed by atoms with Crippen LogP contribution in [0.25, 0.3) is 0 Å². The maximum atomic E-state index is 12.1. The molecule has 0 saturated heterocycles. The Bertz CT molecular complexity index is 531. The van der Waals surface area contributed by atoms with Crippen molar-refractivity contribution in [1.29, 1.82) is 0 Å². The molecule has 1 unspecified atom stereocenters. The van der Waals surface area contributed by atoms with Crippen molar-refractivity contribution in [1.82, 2.24) is 5.32 Å². The maximum absolute atomic E-state index is 12.1. The first kappa shape index (κ1) is 14.0. The molecule has 5 nitrogen and oxygen atoms in total. The number of halogens is 1. The molecular weight excluding hydrogens is 310 g/mol. The number of carbonyl (C=O) groups is 2. The molecule has 1 aromatic carbocycles. The molecule has 0 saturated carbocycles. The van der Waals surface area contributed by atoms with E-state index in [1.807, 2.05) is 26.0 Å². The molecule has 0 aromatic heterocycles. The summed E-state index contributed by atoms with van der Waals surface area (Å²) in [6.45, 7) is 3.74. The molecule has 1 aliphatic rings. The van der Waals surface area contributed by atoms with Crippen LogP contribution in [0.1, 0.15) is 25.5 Å². The first-order chi connectivity index (χ1) is 8.91. The molecule has 1 aliphatic heterocycles. The van der Waals surface area contributed by atoms with Crippen LogP contribution in [0.3, 0.4) is 0 Å². The first-order valence-corrected chi connectivity index (χ1v) is 6.86. The van der Waals surface area contributed by atoms with Gasteiger partial charge >= 0.3 is 0 Å². The van der Waals surface area contributed by atoms with Crippen LogP contribution in [0.4, 0.5) is 5.69 Å². The largest absolute Gasteiger partial charge is 0.352 e. The van der Waals surface area contributed by atoms with Crippen molar-refractivity contribution < 1.29 is 9.59 Å².